The summed E-state index contributed by atoms with van der Waals surface area (Å²) in [5.41, 5.74) is 1.50. The van der Waals surface area contributed by atoms with Crippen molar-refractivity contribution in [3.8, 4) is 0 Å². The Bertz CT molecular complexity index is 424. The molecule has 0 saturated heterocycles. The van der Waals surface area contributed by atoms with Gasteiger partial charge in [-0.15, -0.1) is 0 Å². The lowest BCUT2D eigenvalue weighted by molar-refractivity contribution is -0.870. The molecule has 164 valence electrons. The Kier molecular flexibility index (Phi) is 18.4. The Morgan fingerprint density at radius 1 is 0.500 bits per heavy atom. The highest BCUT2D eigenvalue weighted by atomic mass is 79.9. The molecule has 0 aliphatic carbocycles. The first-order valence-electron chi connectivity index (χ1n) is 11.9. The van der Waals surface area contributed by atoms with Crippen LogP contribution in [-0.2, 0) is 6.42 Å². The van der Waals surface area contributed by atoms with Crippen molar-refractivity contribution in [3.05, 3.63) is 35.9 Å². The van der Waals surface area contributed by atoms with E-state index >= 15 is 0 Å². The quantitative estimate of drug-likeness (QED) is 0.221. The molecule has 1 nitrogen and oxygen atoms in total. The van der Waals surface area contributed by atoms with Crippen LogP contribution in [0.3, 0.4) is 0 Å². The van der Waals surface area contributed by atoms with Gasteiger partial charge in [0, 0.05) is 0 Å². The van der Waals surface area contributed by atoms with E-state index in [-0.39, 0.29) is 17.0 Å². The second-order valence-electron chi connectivity index (χ2n) is 9.55. The van der Waals surface area contributed by atoms with Crippen LogP contribution in [0.5, 0.6) is 0 Å². The monoisotopic (exact) mass is 453 g/mol. The van der Waals surface area contributed by atoms with Crippen molar-refractivity contribution in [2.45, 2.75) is 103 Å². The summed E-state index contributed by atoms with van der Waals surface area (Å²) in [6, 6.07) is 10.9. The zero-order valence-corrected chi connectivity index (χ0v) is 20.8. The van der Waals surface area contributed by atoms with E-state index in [4.69, 9.17) is 0 Å². The van der Waals surface area contributed by atoms with Crippen molar-refractivity contribution in [1.82, 2.24) is 0 Å². The van der Waals surface area contributed by atoms with Crippen molar-refractivity contribution in [2.24, 2.45) is 0 Å². The second kappa shape index (κ2) is 18.7. The molecule has 2 heteroatoms. The van der Waals surface area contributed by atoms with Crippen molar-refractivity contribution >= 4 is 0 Å². The summed E-state index contributed by atoms with van der Waals surface area (Å²) in [4.78, 5) is 0. The smallest absolute Gasteiger partial charge is 0.0780 e. The first-order valence-corrected chi connectivity index (χ1v) is 11.9. The average Bonchev–Trinajstić information content (AvgIpc) is 2.64. The topological polar surface area (TPSA) is 0 Å². The lowest BCUT2D eigenvalue weighted by Gasteiger charge is -2.23. The van der Waals surface area contributed by atoms with E-state index in [1.807, 2.05) is 0 Å². The predicted octanol–water partition coefficient (Wildman–Crippen LogP) is 4.79. The van der Waals surface area contributed by atoms with Crippen LogP contribution in [-0.4, -0.2) is 32.2 Å². The highest BCUT2D eigenvalue weighted by Crippen LogP contribution is 2.14. The van der Waals surface area contributed by atoms with Crippen LogP contribution in [0.2, 0.25) is 0 Å². The lowest BCUT2D eigenvalue weighted by Crippen LogP contribution is -3.00. The molecule has 0 saturated carbocycles. The van der Waals surface area contributed by atoms with E-state index in [0.29, 0.717) is 0 Å². The molecule has 0 bridgehead atoms. The summed E-state index contributed by atoms with van der Waals surface area (Å²) in [5, 5.41) is 0. The van der Waals surface area contributed by atoms with Gasteiger partial charge < -0.3 is 21.5 Å². The summed E-state index contributed by atoms with van der Waals surface area (Å²) >= 11 is 0. The molecule has 0 radical (unpaired) electrons. The zero-order chi connectivity index (χ0) is 19.6. The highest BCUT2D eigenvalue weighted by Gasteiger charge is 2.04. The molecule has 0 aliphatic heterocycles. The standard InChI is InChI=1S/C26H48N.BrH/c1-27(2,3)25-21-16-14-12-10-8-6-4-5-7-9-11-13-15-18-22-26-23-19-17-20-24-26;/h17,19-20,23-24H,4-16,18,21-22,25H2,1-3H3;1H/q+1;/p-1. The number of aryl methyl sites for hydroxylation is 1. The van der Waals surface area contributed by atoms with Gasteiger partial charge in [0.25, 0.3) is 0 Å². The maximum atomic E-state index is 2.30. The predicted molar refractivity (Wildman–Crippen MR) is 122 cm³/mol. The van der Waals surface area contributed by atoms with E-state index in [9.17, 15) is 0 Å². The van der Waals surface area contributed by atoms with Gasteiger partial charge in [-0.2, -0.15) is 0 Å². The normalized spacial score (nSPS) is 11.4. The van der Waals surface area contributed by atoms with E-state index in [1.165, 1.54) is 115 Å². The Hall–Kier alpha value is -0.340. The fourth-order valence-electron chi connectivity index (χ4n) is 3.86. The molecule has 0 unspecified atom stereocenters. The number of nitrogens with zero attached hydrogens (tertiary/aromatic N) is 1. The summed E-state index contributed by atoms with van der Waals surface area (Å²) in [6.07, 6.45) is 22.9. The minimum Gasteiger partial charge on any atom is -1.00 e. The third-order valence-corrected chi connectivity index (χ3v) is 5.64. The molecule has 1 rings (SSSR count). The molecule has 0 aromatic heterocycles. The molecule has 28 heavy (non-hydrogen) atoms. The van der Waals surface area contributed by atoms with E-state index in [2.05, 4.69) is 51.5 Å². The van der Waals surface area contributed by atoms with Gasteiger partial charge >= 0.3 is 0 Å². The molecule has 0 heterocycles. The fourth-order valence-corrected chi connectivity index (χ4v) is 3.86. The van der Waals surface area contributed by atoms with Gasteiger partial charge in [0.05, 0.1) is 27.7 Å². The van der Waals surface area contributed by atoms with Gasteiger partial charge in [-0.05, 0) is 31.2 Å². The minimum absolute atomic E-state index is 0. The Morgan fingerprint density at radius 2 is 0.857 bits per heavy atom. The average molecular weight is 455 g/mol. The minimum atomic E-state index is 0. The number of benzene rings is 1. The van der Waals surface area contributed by atoms with Crippen molar-refractivity contribution in [3.63, 3.8) is 0 Å². The lowest BCUT2D eigenvalue weighted by atomic mass is 10.0. The molecule has 0 aliphatic rings. The molecular formula is C26H48BrN. The van der Waals surface area contributed by atoms with Crippen molar-refractivity contribution in [2.75, 3.05) is 27.7 Å². The third-order valence-electron chi connectivity index (χ3n) is 5.64. The van der Waals surface area contributed by atoms with Crippen LogP contribution in [0, 0.1) is 0 Å². The number of quaternary nitrogens is 1. The second-order valence-corrected chi connectivity index (χ2v) is 9.55. The summed E-state index contributed by atoms with van der Waals surface area (Å²) in [5.74, 6) is 0. The van der Waals surface area contributed by atoms with Crippen molar-refractivity contribution < 1.29 is 21.5 Å². The van der Waals surface area contributed by atoms with Gasteiger partial charge in [-0.3, -0.25) is 0 Å². The fraction of sp³-hybridized carbons (Fsp3) is 0.769. The first kappa shape index (κ1) is 27.7. The highest BCUT2D eigenvalue weighted by molar-refractivity contribution is 5.14. The van der Waals surface area contributed by atoms with Gasteiger partial charge in [0.2, 0.25) is 0 Å². The van der Waals surface area contributed by atoms with Crippen LogP contribution >= 0.6 is 0 Å². The van der Waals surface area contributed by atoms with Crippen LogP contribution < -0.4 is 17.0 Å². The molecule has 0 amide bonds. The van der Waals surface area contributed by atoms with Crippen LogP contribution in [0.25, 0.3) is 0 Å². The summed E-state index contributed by atoms with van der Waals surface area (Å²) in [7, 11) is 6.89. The summed E-state index contributed by atoms with van der Waals surface area (Å²) in [6.45, 7) is 1.33. The molecule has 1 aromatic carbocycles. The number of unbranched alkanes of at least 4 members (excludes halogenated alkanes) is 14. The Morgan fingerprint density at radius 3 is 1.25 bits per heavy atom. The number of halogens is 1. The number of hydrogen-bond acceptors (Lipinski definition) is 0. The SMILES string of the molecule is C[N+](C)(C)CCCCCCCCCCCCCCCCCc1ccccc1.[Br-]. The van der Waals surface area contributed by atoms with Crippen LogP contribution in [0.15, 0.2) is 30.3 Å². The number of hydrogen-bond donors (Lipinski definition) is 0. The summed E-state index contributed by atoms with van der Waals surface area (Å²) < 4.78 is 1.12. The molecule has 0 spiro atoms. The maximum Gasteiger partial charge on any atom is 0.0780 e. The molecular weight excluding hydrogens is 406 g/mol. The Balaban J connectivity index is 0.00000729. The van der Waals surface area contributed by atoms with Gasteiger partial charge in [-0.1, -0.05) is 107 Å². The van der Waals surface area contributed by atoms with E-state index in [0.717, 1.165) is 4.48 Å². The molecule has 0 atom stereocenters. The third kappa shape index (κ3) is 19.0. The molecule has 1 aromatic rings. The zero-order valence-electron chi connectivity index (χ0n) is 19.2. The van der Waals surface area contributed by atoms with Crippen molar-refractivity contribution in [1.29, 1.82) is 0 Å². The van der Waals surface area contributed by atoms with Gasteiger partial charge in [-0.25, -0.2) is 0 Å². The van der Waals surface area contributed by atoms with E-state index < -0.39 is 0 Å². The van der Waals surface area contributed by atoms with Gasteiger partial charge in [0.1, 0.15) is 0 Å². The maximum absolute atomic E-state index is 2.30. The molecule has 0 N–H and O–H groups in total. The van der Waals surface area contributed by atoms with Gasteiger partial charge in [0.15, 0.2) is 0 Å². The van der Waals surface area contributed by atoms with Crippen LogP contribution in [0.4, 0.5) is 0 Å². The van der Waals surface area contributed by atoms with Crippen LogP contribution in [0.1, 0.15) is 102 Å². The number of rotatable bonds is 18. The first-order chi connectivity index (χ1) is 13.1. The Labute approximate surface area is 187 Å². The largest absolute Gasteiger partial charge is 1.00 e. The van der Waals surface area contributed by atoms with E-state index in [1.54, 1.807) is 0 Å². The molecule has 0 fully saturated rings.